The number of hydrogen-bond donors (Lipinski definition) is 3. The van der Waals surface area contributed by atoms with Gasteiger partial charge in [-0.25, -0.2) is 4.21 Å². The fraction of sp³-hybridized carbons (Fsp3) is 0. The summed E-state index contributed by atoms with van der Waals surface area (Å²) < 4.78 is 29.7. The predicted molar refractivity (Wildman–Crippen MR) is 47.2 cm³/mol. The second-order valence-corrected chi connectivity index (χ2v) is 4.86. The van der Waals surface area contributed by atoms with Crippen LogP contribution >= 0.6 is 7.60 Å². The zero-order chi connectivity index (χ0) is 10.1. The van der Waals surface area contributed by atoms with Gasteiger partial charge in [0.05, 0.1) is 10.2 Å². The molecule has 0 amide bonds. The van der Waals surface area contributed by atoms with Gasteiger partial charge >= 0.3 is 7.60 Å². The summed E-state index contributed by atoms with van der Waals surface area (Å²) in [6, 6.07) is 4.66. The van der Waals surface area contributed by atoms with Crippen molar-refractivity contribution in [3.8, 4) is 0 Å². The van der Waals surface area contributed by atoms with Crippen LogP contribution in [0.5, 0.6) is 0 Å². The Morgan fingerprint density at radius 1 is 1.15 bits per heavy atom. The maximum absolute atomic E-state index is 10.7. The molecule has 1 rings (SSSR count). The van der Waals surface area contributed by atoms with Crippen molar-refractivity contribution in [3.05, 3.63) is 24.3 Å². The SMILES string of the molecule is O=S(O)c1ccc(P(=O)(O)O)cc1. The Bertz CT molecular complexity index is 367. The van der Waals surface area contributed by atoms with E-state index in [9.17, 15) is 8.77 Å². The van der Waals surface area contributed by atoms with E-state index in [1.54, 1.807) is 0 Å². The van der Waals surface area contributed by atoms with Gasteiger partial charge in [-0.2, -0.15) is 0 Å². The van der Waals surface area contributed by atoms with Gasteiger partial charge in [0.2, 0.25) is 0 Å². The molecule has 5 nitrogen and oxygen atoms in total. The van der Waals surface area contributed by atoms with Crippen molar-refractivity contribution in [2.45, 2.75) is 4.90 Å². The molecular weight excluding hydrogens is 215 g/mol. The molecule has 1 aromatic carbocycles. The third-order valence-corrected chi connectivity index (χ3v) is 3.02. The lowest BCUT2D eigenvalue weighted by Crippen LogP contribution is -2.03. The van der Waals surface area contributed by atoms with Gasteiger partial charge in [-0.05, 0) is 24.3 Å². The zero-order valence-electron chi connectivity index (χ0n) is 6.32. The predicted octanol–water partition coefficient (Wildman–Crippen LogP) is 0.0702. The van der Waals surface area contributed by atoms with Gasteiger partial charge in [-0.15, -0.1) is 0 Å². The van der Waals surface area contributed by atoms with Crippen LogP contribution in [-0.2, 0) is 15.6 Å². The summed E-state index contributed by atoms with van der Waals surface area (Å²) in [5.41, 5.74) is 0. The lowest BCUT2D eigenvalue weighted by molar-refractivity contribution is 0.387. The zero-order valence-corrected chi connectivity index (χ0v) is 8.03. The normalized spacial score (nSPS) is 14.1. The molecule has 7 heteroatoms. The molecule has 1 aromatic rings. The van der Waals surface area contributed by atoms with Crippen molar-refractivity contribution in [1.29, 1.82) is 0 Å². The smallest absolute Gasteiger partial charge is 0.321 e. The van der Waals surface area contributed by atoms with E-state index in [0.29, 0.717) is 0 Å². The van der Waals surface area contributed by atoms with Crippen LogP contribution in [0.25, 0.3) is 0 Å². The second-order valence-electron chi connectivity index (χ2n) is 2.29. The Kier molecular flexibility index (Phi) is 3.00. The highest BCUT2D eigenvalue weighted by molar-refractivity contribution is 7.79. The number of hydrogen-bond acceptors (Lipinski definition) is 2. The Labute approximate surface area is 76.9 Å². The van der Waals surface area contributed by atoms with Gasteiger partial charge in [0.1, 0.15) is 0 Å². The molecule has 0 saturated carbocycles. The summed E-state index contributed by atoms with van der Waals surface area (Å²) in [4.78, 5) is 17.5. The Balaban J connectivity index is 3.08. The summed E-state index contributed by atoms with van der Waals surface area (Å²) in [6.07, 6.45) is 0. The van der Waals surface area contributed by atoms with E-state index in [1.165, 1.54) is 12.1 Å². The molecule has 72 valence electrons. The molecule has 0 bridgehead atoms. The van der Waals surface area contributed by atoms with Crippen molar-refractivity contribution in [3.63, 3.8) is 0 Å². The van der Waals surface area contributed by atoms with E-state index in [0.717, 1.165) is 12.1 Å². The first kappa shape index (κ1) is 10.6. The molecule has 0 heterocycles. The highest BCUT2D eigenvalue weighted by Gasteiger charge is 2.16. The number of benzene rings is 1. The van der Waals surface area contributed by atoms with E-state index in [-0.39, 0.29) is 10.2 Å². The molecule has 0 radical (unpaired) electrons. The Morgan fingerprint density at radius 2 is 1.62 bits per heavy atom. The van der Waals surface area contributed by atoms with Crippen LogP contribution in [0.1, 0.15) is 0 Å². The van der Waals surface area contributed by atoms with E-state index in [1.807, 2.05) is 0 Å². The van der Waals surface area contributed by atoms with E-state index in [2.05, 4.69) is 0 Å². The monoisotopic (exact) mass is 222 g/mol. The van der Waals surface area contributed by atoms with Crippen molar-refractivity contribution < 1.29 is 23.1 Å². The second kappa shape index (κ2) is 3.69. The highest BCUT2D eigenvalue weighted by Crippen LogP contribution is 2.32. The lowest BCUT2D eigenvalue weighted by atomic mass is 10.4. The van der Waals surface area contributed by atoms with Crippen LogP contribution in [0.4, 0.5) is 0 Å². The maximum atomic E-state index is 10.7. The van der Waals surface area contributed by atoms with Crippen LogP contribution in [0.3, 0.4) is 0 Å². The Hall–Kier alpha value is -0.520. The van der Waals surface area contributed by atoms with E-state index >= 15 is 0 Å². The average molecular weight is 222 g/mol. The first-order chi connectivity index (χ1) is 5.91. The molecule has 3 N–H and O–H groups in total. The van der Waals surface area contributed by atoms with Crippen molar-refractivity contribution in [1.82, 2.24) is 0 Å². The van der Waals surface area contributed by atoms with Crippen LogP contribution in [0.15, 0.2) is 29.2 Å². The van der Waals surface area contributed by atoms with Crippen molar-refractivity contribution >= 4 is 24.0 Å². The van der Waals surface area contributed by atoms with Gasteiger partial charge in [0.15, 0.2) is 11.1 Å². The first-order valence-corrected chi connectivity index (χ1v) is 5.90. The summed E-state index contributed by atoms with van der Waals surface area (Å²) in [5, 5.41) is -0.165. The van der Waals surface area contributed by atoms with Gasteiger partial charge in [0.25, 0.3) is 0 Å². The van der Waals surface area contributed by atoms with Crippen molar-refractivity contribution in [2.75, 3.05) is 0 Å². The summed E-state index contributed by atoms with van der Waals surface area (Å²) in [7, 11) is -4.25. The van der Waals surface area contributed by atoms with Crippen molar-refractivity contribution in [2.24, 2.45) is 0 Å². The molecule has 1 atom stereocenters. The first-order valence-electron chi connectivity index (χ1n) is 3.18. The Morgan fingerprint density at radius 3 is 1.92 bits per heavy atom. The molecule has 0 spiro atoms. The molecular formula is C6H7O5PS. The average Bonchev–Trinajstić information content (AvgIpc) is 2.03. The minimum absolute atomic E-state index is 0.109. The molecule has 0 aliphatic carbocycles. The lowest BCUT2D eigenvalue weighted by Gasteiger charge is -2.03. The molecule has 0 aliphatic heterocycles. The molecule has 13 heavy (non-hydrogen) atoms. The molecule has 0 saturated heterocycles. The standard InChI is InChI=1S/C6H7O5PS/c7-12(8,9)5-1-3-6(4-2-5)13(10)11/h1-4H,(H,10,11)(H2,7,8,9). The summed E-state index contributed by atoms with van der Waals surface area (Å²) in [5.74, 6) is 0. The van der Waals surface area contributed by atoms with Gasteiger partial charge in [0, 0.05) is 0 Å². The fourth-order valence-electron chi connectivity index (χ4n) is 0.757. The number of rotatable bonds is 2. The third kappa shape index (κ3) is 2.72. The topological polar surface area (TPSA) is 94.8 Å². The largest absolute Gasteiger partial charge is 0.356 e. The minimum Gasteiger partial charge on any atom is -0.321 e. The summed E-state index contributed by atoms with van der Waals surface area (Å²) >= 11 is -2.12. The van der Waals surface area contributed by atoms with Crippen LogP contribution in [0, 0.1) is 0 Å². The maximum Gasteiger partial charge on any atom is 0.356 e. The van der Waals surface area contributed by atoms with Gasteiger partial charge in [-0.1, -0.05) is 0 Å². The minimum atomic E-state index is -4.25. The van der Waals surface area contributed by atoms with E-state index in [4.69, 9.17) is 14.3 Å². The van der Waals surface area contributed by atoms with Crippen LogP contribution < -0.4 is 5.30 Å². The quantitative estimate of drug-likeness (QED) is 0.486. The molecule has 0 aliphatic rings. The molecule has 0 fully saturated rings. The fourth-order valence-corrected chi connectivity index (χ4v) is 1.66. The van der Waals surface area contributed by atoms with Gasteiger partial charge < -0.3 is 14.3 Å². The summed E-state index contributed by atoms with van der Waals surface area (Å²) in [6.45, 7) is 0. The highest BCUT2D eigenvalue weighted by atomic mass is 32.2. The van der Waals surface area contributed by atoms with E-state index < -0.39 is 18.7 Å². The third-order valence-electron chi connectivity index (χ3n) is 1.37. The van der Waals surface area contributed by atoms with Crippen LogP contribution in [0.2, 0.25) is 0 Å². The molecule has 1 unspecified atom stereocenters. The van der Waals surface area contributed by atoms with Crippen LogP contribution in [-0.4, -0.2) is 18.5 Å². The molecule has 0 aromatic heterocycles. The van der Waals surface area contributed by atoms with Gasteiger partial charge in [-0.3, -0.25) is 4.57 Å².